The van der Waals surface area contributed by atoms with Crippen molar-refractivity contribution in [3.63, 3.8) is 0 Å². The molecule has 1 aromatic heterocycles. The summed E-state index contributed by atoms with van der Waals surface area (Å²) in [7, 11) is 0. The number of rotatable bonds is 5. The quantitative estimate of drug-likeness (QED) is 0.887. The Labute approximate surface area is 120 Å². The maximum absolute atomic E-state index is 12.1. The minimum atomic E-state index is 0.136. The Morgan fingerprint density at radius 2 is 2.15 bits per heavy atom. The molecule has 0 atom stereocenters. The van der Waals surface area contributed by atoms with E-state index in [-0.39, 0.29) is 5.91 Å². The van der Waals surface area contributed by atoms with Crippen LogP contribution in [0.5, 0.6) is 0 Å². The monoisotopic (exact) mass is 275 g/mol. The molecule has 20 heavy (non-hydrogen) atoms. The number of aromatic nitrogens is 2. The van der Waals surface area contributed by atoms with Gasteiger partial charge in [0, 0.05) is 12.5 Å². The molecule has 4 heteroatoms. The van der Waals surface area contributed by atoms with Crippen molar-refractivity contribution in [3.8, 4) is 0 Å². The molecule has 0 aliphatic heterocycles. The molecule has 4 nitrogen and oxygen atoms in total. The maximum atomic E-state index is 12.1. The smallest absolute Gasteiger partial charge is 0.225 e. The Morgan fingerprint density at radius 3 is 2.80 bits per heavy atom. The first-order valence-electron chi connectivity index (χ1n) is 7.92. The lowest BCUT2D eigenvalue weighted by Crippen LogP contribution is -2.18. The normalized spacial score (nSPS) is 21.1. The van der Waals surface area contributed by atoms with Crippen LogP contribution in [-0.4, -0.2) is 15.7 Å². The van der Waals surface area contributed by atoms with Crippen LogP contribution in [0.2, 0.25) is 0 Å². The second kappa shape index (κ2) is 5.23. The molecule has 0 saturated heterocycles. The highest BCUT2D eigenvalue weighted by atomic mass is 16.1. The van der Waals surface area contributed by atoms with Crippen molar-refractivity contribution in [1.29, 1.82) is 0 Å². The molecule has 2 fully saturated rings. The summed E-state index contributed by atoms with van der Waals surface area (Å²) < 4.78 is 2.04. The molecule has 0 unspecified atom stereocenters. The molecule has 0 aromatic carbocycles. The van der Waals surface area contributed by atoms with Gasteiger partial charge in [0.2, 0.25) is 5.91 Å². The van der Waals surface area contributed by atoms with Crippen molar-refractivity contribution in [3.05, 3.63) is 11.8 Å². The number of amides is 1. The van der Waals surface area contributed by atoms with Crippen LogP contribution in [0.3, 0.4) is 0 Å². The van der Waals surface area contributed by atoms with Gasteiger partial charge < -0.3 is 5.32 Å². The molecule has 0 spiro atoms. The minimum absolute atomic E-state index is 0.136. The van der Waals surface area contributed by atoms with Crippen LogP contribution >= 0.6 is 0 Å². The minimum Gasteiger partial charge on any atom is -0.311 e. The first-order chi connectivity index (χ1) is 9.56. The SMILES string of the molecule is Cc1cc(NC(=O)CCC2(C)CC2)n(C2CCCC2)n1. The number of carbonyl (C=O) groups excluding carboxylic acids is 1. The van der Waals surface area contributed by atoms with Crippen molar-refractivity contribution < 1.29 is 4.79 Å². The van der Waals surface area contributed by atoms with E-state index >= 15 is 0 Å². The molecule has 1 amide bonds. The molecule has 1 heterocycles. The van der Waals surface area contributed by atoms with Gasteiger partial charge in [-0.2, -0.15) is 5.10 Å². The first-order valence-corrected chi connectivity index (χ1v) is 7.92. The van der Waals surface area contributed by atoms with Crippen LogP contribution in [0.1, 0.15) is 70.0 Å². The number of carbonyl (C=O) groups is 1. The van der Waals surface area contributed by atoms with Crippen molar-refractivity contribution >= 4 is 11.7 Å². The topological polar surface area (TPSA) is 46.9 Å². The van der Waals surface area contributed by atoms with Crippen LogP contribution in [0.15, 0.2) is 6.07 Å². The largest absolute Gasteiger partial charge is 0.311 e. The Morgan fingerprint density at radius 1 is 1.45 bits per heavy atom. The van der Waals surface area contributed by atoms with Crippen LogP contribution in [0.25, 0.3) is 0 Å². The van der Waals surface area contributed by atoms with Gasteiger partial charge in [-0.3, -0.25) is 4.79 Å². The Kier molecular flexibility index (Phi) is 3.57. The summed E-state index contributed by atoms with van der Waals surface area (Å²) in [4.78, 5) is 12.1. The van der Waals surface area contributed by atoms with E-state index in [1.54, 1.807) is 0 Å². The van der Waals surface area contributed by atoms with E-state index < -0.39 is 0 Å². The van der Waals surface area contributed by atoms with Crippen LogP contribution in [0.4, 0.5) is 5.82 Å². The molecule has 0 radical (unpaired) electrons. The predicted octanol–water partition coefficient (Wildman–Crippen LogP) is 3.83. The van der Waals surface area contributed by atoms with Gasteiger partial charge in [0.25, 0.3) is 0 Å². The van der Waals surface area contributed by atoms with E-state index in [0.717, 1.165) is 17.9 Å². The second-order valence-electron chi connectivity index (χ2n) is 6.91. The van der Waals surface area contributed by atoms with E-state index in [4.69, 9.17) is 0 Å². The third-order valence-corrected chi connectivity index (χ3v) is 4.86. The number of anilines is 1. The van der Waals surface area contributed by atoms with Gasteiger partial charge in [0.15, 0.2) is 0 Å². The van der Waals surface area contributed by atoms with Crippen LogP contribution in [0, 0.1) is 12.3 Å². The first kappa shape index (κ1) is 13.7. The highest BCUT2D eigenvalue weighted by molar-refractivity contribution is 5.89. The maximum Gasteiger partial charge on any atom is 0.225 e. The summed E-state index contributed by atoms with van der Waals surface area (Å²) in [6.45, 7) is 4.26. The fourth-order valence-electron chi connectivity index (χ4n) is 3.12. The van der Waals surface area contributed by atoms with E-state index in [0.29, 0.717) is 17.9 Å². The Balaban J connectivity index is 1.62. The number of nitrogens with zero attached hydrogens (tertiary/aromatic N) is 2. The Hall–Kier alpha value is -1.32. The summed E-state index contributed by atoms with van der Waals surface area (Å²) in [5, 5.41) is 7.64. The standard InChI is InChI=1S/C16H25N3O/c1-12-11-14(19(18-12)13-5-3-4-6-13)17-15(20)7-8-16(2)9-10-16/h11,13H,3-10H2,1-2H3,(H,17,20). The average molecular weight is 275 g/mol. The number of hydrogen-bond donors (Lipinski definition) is 1. The third-order valence-electron chi connectivity index (χ3n) is 4.86. The zero-order valence-corrected chi connectivity index (χ0v) is 12.6. The van der Waals surface area contributed by atoms with E-state index in [9.17, 15) is 4.79 Å². The molecule has 3 rings (SSSR count). The number of hydrogen-bond acceptors (Lipinski definition) is 2. The summed E-state index contributed by atoms with van der Waals surface area (Å²) >= 11 is 0. The van der Waals surface area contributed by atoms with Gasteiger partial charge in [-0.1, -0.05) is 19.8 Å². The fourth-order valence-corrected chi connectivity index (χ4v) is 3.12. The van der Waals surface area contributed by atoms with Crippen LogP contribution in [-0.2, 0) is 4.79 Å². The summed E-state index contributed by atoms with van der Waals surface area (Å²) in [5.41, 5.74) is 1.43. The molecule has 1 N–H and O–H groups in total. The molecular formula is C16H25N3O. The van der Waals surface area contributed by atoms with Crippen molar-refractivity contribution in [2.24, 2.45) is 5.41 Å². The van der Waals surface area contributed by atoms with Gasteiger partial charge in [0.1, 0.15) is 5.82 Å². The van der Waals surface area contributed by atoms with E-state index in [1.807, 2.05) is 17.7 Å². The summed E-state index contributed by atoms with van der Waals surface area (Å²) in [5.74, 6) is 1.03. The highest BCUT2D eigenvalue weighted by Crippen LogP contribution is 2.48. The lowest BCUT2D eigenvalue weighted by molar-refractivity contribution is -0.116. The second-order valence-corrected chi connectivity index (χ2v) is 6.91. The lowest BCUT2D eigenvalue weighted by atomic mass is 10.0. The van der Waals surface area contributed by atoms with Gasteiger partial charge in [0.05, 0.1) is 11.7 Å². The zero-order chi connectivity index (χ0) is 14.2. The predicted molar refractivity (Wildman–Crippen MR) is 79.7 cm³/mol. The molecule has 110 valence electrons. The van der Waals surface area contributed by atoms with Crippen molar-refractivity contribution in [1.82, 2.24) is 9.78 Å². The van der Waals surface area contributed by atoms with Gasteiger partial charge in [-0.25, -0.2) is 4.68 Å². The average Bonchev–Trinajstić information content (AvgIpc) is 2.81. The molecule has 2 aliphatic carbocycles. The van der Waals surface area contributed by atoms with E-state index in [2.05, 4.69) is 17.3 Å². The fraction of sp³-hybridized carbons (Fsp3) is 0.750. The van der Waals surface area contributed by atoms with Crippen molar-refractivity contribution in [2.45, 2.75) is 71.3 Å². The molecule has 2 aliphatic rings. The lowest BCUT2D eigenvalue weighted by Gasteiger charge is -2.15. The molecule has 1 aromatic rings. The van der Waals surface area contributed by atoms with Gasteiger partial charge in [-0.05, 0) is 44.4 Å². The highest BCUT2D eigenvalue weighted by Gasteiger charge is 2.37. The summed E-state index contributed by atoms with van der Waals surface area (Å²) in [6.07, 6.45) is 9.11. The van der Waals surface area contributed by atoms with Gasteiger partial charge >= 0.3 is 0 Å². The molecule has 2 saturated carbocycles. The number of nitrogens with one attached hydrogen (secondary N) is 1. The number of aryl methyl sites for hydroxylation is 1. The Bertz CT molecular complexity index is 496. The van der Waals surface area contributed by atoms with Gasteiger partial charge in [-0.15, -0.1) is 0 Å². The molecule has 0 bridgehead atoms. The molecular weight excluding hydrogens is 250 g/mol. The van der Waals surface area contributed by atoms with Crippen LogP contribution < -0.4 is 5.32 Å². The summed E-state index contributed by atoms with van der Waals surface area (Å²) in [6, 6.07) is 2.47. The zero-order valence-electron chi connectivity index (χ0n) is 12.6. The van der Waals surface area contributed by atoms with Crippen molar-refractivity contribution in [2.75, 3.05) is 5.32 Å². The third kappa shape index (κ3) is 3.05. The van der Waals surface area contributed by atoms with E-state index in [1.165, 1.54) is 38.5 Å².